The molecule has 0 saturated carbocycles. The summed E-state index contributed by atoms with van der Waals surface area (Å²) in [5, 5.41) is 10.3. The molecule has 2 N–H and O–H groups in total. The predicted octanol–water partition coefficient (Wildman–Crippen LogP) is 4.88. The summed E-state index contributed by atoms with van der Waals surface area (Å²) < 4.78 is 40.6. The van der Waals surface area contributed by atoms with Crippen LogP contribution < -0.4 is 10.6 Å². The van der Waals surface area contributed by atoms with E-state index in [1.165, 1.54) is 23.1 Å². The van der Waals surface area contributed by atoms with Gasteiger partial charge in [-0.25, -0.2) is 4.68 Å². The number of carbonyl (C=O) groups is 1. The van der Waals surface area contributed by atoms with Crippen LogP contribution in [-0.4, -0.2) is 20.7 Å². The molecule has 4 rings (SSSR count). The molecule has 2 heterocycles. The van der Waals surface area contributed by atoms with Crippen molar-refractivity contribution in [2.45, 2.75) is 19.1 Å². The fourth-order valence-corrected chi connectivity index (χ4v) is 3.44. The highest BCUT2D eigenvalue weighted by Gasteiger charge is 2.34. The standard InChI is InChI=1S/C20H15ClF3N5O/c1-11-16(18(30)28-15-4-2-3-13(9-15)20(22,23)24)17(12-5-7-14(21)8-6-12)29-19(27-11)25-10-26-29/h2-10,17H,1H3,(H,28,30)(H,25,26,27)/t17-/m0/s1. The van der Waals surface area contributed by atoms with Crippen molar-refractivity contribution in [2.75, 3.05) is 10.6 Å². The van der Waals surface area contributed by atoms with Crippen LogP contribution in [0.1, 0.15) is 24.1 Å². The first-order valence-electron chi connectivity index (χ1n) is 8.85. The van der Waals surface area contributed by atoms with Crippen molar-refractivity contribution in [3.63, 3.8) is 0 Å². The fraction of sp³-hybridized carbons (Fsp3) is 0.150. The molecule has 30 heavy (non-hydrogen) atoms. The Labute approximate surface area is 174 Å². The Hall–Kier alpha value is -3.33. The topological polar surface area (TPSA) is 71.8 Å². The largest absolute Gasteiger partial charge is 0.416 e. The van der Waals surface area contributed by atoms with Gasteiger partial charge in [0.25, 0.3) is 5.91 Å². The number of nitrogens with one attached hydrogen (secondary N) is 2. The molecule has 2 aromatic carbocycles. The number of hydrogen-bond donors (Lipinski definition) is 2. The molecular weight excluding hydrogens is 419 g/mol. The Bertz CT molecular complexity index is 1140. The molecule has 1 aliphatic heterocycles. The minimum atomic E-state index is -4.51. The summed E-state index contributed by atoms with van der Waals surface area (Å²) in [7, 11) is 0. The van der Waals surface area contributed by atoms with E-state index in [2.05, 4.69) is 20.7 Å². The van der Waals surface area contributed by atoms with E-state index in [0.717, 1.165) is 17.7 Å². The SMILES string of the molecule is CC1=C(C(=O)Nc2cccc(C(F)(F)F)c2)[C@H](c2ccc(Cl)cc2)n2ncnc2N1. The van der Waals surface area contributed by atoms with E-state index in [-0.39, 0.29) is 5.69 Å². The third-order valence-corrected chi connectivity index (χ3v) is 4.92. The number of rotatable bonds is 3. The molecule has 1 aromatic heterocycles. The van der Waals surface area contributed by atoms with Gasteiger partial charge in [-0.1, -0.05) is 29.8 Å². The van der Waals surface area contributed by atoms with Crippen LogP contribution >= 0.6 is 11.6 Å². The number of allylic oxidation sites excluding steroid dienone is 1. The van der Waals surface area contributed by atoms with Crippen LogP contribution in [0.2, 0.25) is 5.02 Å². The first-order chi connectivity index (χ1) is 14.2. The van der Waals surface area contributed by atoms with Gasteiger partial charge < -0.3 is 10.6 Å². The third-order valence-electron chi connectivity index (χ3n) is 4.67. The highest BCUT2D eigenvalue weighted by atomic mass is 35.5. The molecule has 0 unspecified atom stereocenters. The monoisotopic (exact) mass is 433 g/mol. The fourth-order valence-electron chi connectivity index (χ4n) is 3.31. The average molecular weight is 434 g/mol. The third kappa shape index (κ3) is 3.76. The number of amides is 1. The summed E-state index contributed by atoms with van der Waals surface area (Å²) in [6.07, 6.45) is -3.16. The second kappa shape index (κ2) is 7.49. The number of halogens is 4. The molecule has 1 aliphatic rings. The highest BCUT2D eigenvalue weighted by Crippen LogP contribution is 2.36. The molecule has 3 aromatic rings. The van der Waals surface area contributed by atoms with Gasteiger partial charge in [0.15, 0.2) is 0 Å². The quantitative estimate of drug-likeness (QED) is 0.617. The van der Waals surface area contributed by atoms with Crippen LogP contribution in [-0.2, 0) is 11.0 Å². The summed E-state index contributed by atoms with van der Waals surface area (Å²) in [5.41, 5.74) is 0.726. The Balaban J connectivity index is 1.72. The lowest BCUT2D eigenvalue weighted by atomic mass is 9.95. The van der Waals surface area contributed by atoms with Crippen molar-refractivity contribution >= 4 is 29.1 Å². The van der Waals surface area contributed by atoms with E-state index in [4.69, 9.17) is 11.6 Å². The molecule has 0 spiro atoms. The molecule has 0 bridgehead atoms. The van der Waals surface area contributed by atoms with Gasteiger partial charge in [0.05, 0.1) is 11.1 Å². The van der Waals surface area contributed by atoms with Crippen LogP contribution in [0.15, 0.2) is 66.1 Å². The van der Waals surface area contributed by atoms with Crippen molar-refractivity contribution < 1.29 is 18.0 Å². The van der Waals surface area contributed by atoms with E-state index >= 15 is 0 Å². The lowest BCUT2D eigenvalue weighted by Crippen LogP contribution is -2.31. The summed E-state index contributed by atoms with van der Waals surface area (Å²) in [4.78, 5) is 17.3. The maximum absolute atomic E-state index is 13.1. The van der Waals surface area contributed by atoms with E-state index in [1.807, 2.05) is 0 Å². The summed E-state index contributed by atoms with van der Waals surface area (Å²) >= 11 is 5.99. The second-order valence-corrected chi connectivity index (χ2v) is 7.12. The minimum absolute atomic E-state index is 0.0365. The van der Waals surface area contributed by atoms with Crippen LogP contribution in [0.25, 0.3) is 0 Å². The number of aromatic nitrogens is 3. The van der Waals surface area contributed by atoms with Gasteiger partial charge in [-0.3, -0.25) is 4.79 Å². The summed E-state index contributed by atoms with van der Waals surface area (Å²) in [6.45, 7) is 1.70. The summed E-state index contributed by atoms with van der Waals surface area (Å²) in [6, 6.07) is 10.7. The van der Waals surface area contributed by atoms with Crippen molar-refractivity contribution in [3.05, 3.63) is 82.3 Å². The molecule has 6 nitrogen and oxygen atoms in total. The van der Waals surface area contributed by atoms with E-state index in [9.17, 15) is 18.0 Å². The van der Waals surface area contributed by atoms with Gasteiger partial charge in [-0.15, -0.1) is 0 Å². The van der Waals surface area contributed by atoms with E-state index in [1.54, 1.807) is 31.2 Å². The van der Waals surface area contributed by atoms with Crippen molar-refractivity contribution in [2.24, 2.45) is 0 Å². The maximum atomic E-state index is 13.1. The molecule has 0 radical (unpaired) electrons. The number of benzene rings is 2. The first-order valence-corrected chi connectivity index (χ1v) is 9.23. The normalized spacial score (nSPS) is 16.1. The zero-order valence-electron chi connectivity index (χ0n) is 15.5. The molecule has 0 fully saturated rings. The molecular formula is C20H15ClF3N5O. The predicted molar refractivity (Wildman–Crippen MR) is 106 cm³/mol. The Morgan fingerprint density at radius 3 is 2.63 bits per heavy atom. The summed E-state index contributed by atoms with van der Waals surface area (Å²) in [5.74, 6) is -0.108. The second-order valence-electron chi connectivity index (χ2n) is 6.68. The Morgan fingerprint density at radius 2 is 1.93 bits per heavy atom. The number of nitrogens with zero attached hydrogens (tertiary/aromatic N) is 3. The van der Waals surface area contributed by atoms with Crippen LogP contribution in [0, 0.1) is 0 Å². The molecule has 1 amide bonds. The van der Waals surface area contributed by atoms with E-state index < -0.39 is 23.7 Å². The molecule has 154 valence electrons. The lowest BCUT2D eigenvalue weighted by molar-refractivity contribution is -0.137. The lowest BCUT2D eigenvalue weighted by Gasteiger charge is -2.28. The average Bonchev–Trinajstić information content (AvgIpc) is 3.15. The van der Waals surface area contributed by atoms with Gasteiger partial charge in [0, 0.05) is 16.4 Å². The van der Waals surface area contributed by atoms with Crippen molar-refractivity contribution in [1.82, 2.24) is 14.8 Å². The number of carbonyl (C=O) groups excluding carboxylic acids is 1. The number of hydrogen-bond acceptors (Lipinski definition) is 4. The maximum Gasteiger partial charge on any atom is 0.416 e. The number of fused-ring (bicyclic) bond motifs is 1. The van der Waals surface area contributed by atoms with Crippen molar-refractivity contribution in [1.29, 1.82) is 0 Å². The molecule has 0 aliphatic carbocycles. The van der Waals surface area contributed by atoms with Gasteiger partial charge in [-0.05, 0) is 42.8 Å². The van der Waals surface area contributed by atoms with Crippen LogP contribution in [0.3, 0.4) is 0 Å². The molecule has 10 heteroatoms. The zero-order chi connectivity index (χ0) is 21.5. The Kier molecular flexibility index (Phi) is 4.98. The number of alkyl halides is 3. The number of anilines is 2. The first kappa shape index (κ1) is 20.0. The van der Waals surface area contributed by atoms with Crippen molar-refractivity contribution in [3.8, 4) is 0 Å². The smallest absolute Gasteiger partial charge is 0.328 e. The molecule has 0 saturated heterocycles. The van der Waals surface area contributed by atoms with E-state index in [0.29, 0.717) is 22.2 Å². The van der Waals surface area contributed by atoms with Gasteiger partial charge >= 0.3 is 6.18 Å². The zero-order valence-corrected chi connectivity index (χ0v) is 16.3. The highest BCUT2D eigenvalue weighted by molar-refractivity contribution is 6.30. The van der Waals surface area contributed by atoms with Crippen LogP contribution in [0.5, 0.6) is 0 Å². The Morgan fingerprint density at radius 1 is 1.20 bits per heavy atom. The molecule has 1 atom stereocenters. The van der Waals surface area contributed by atoms with Gasteiger partial charge in [0.1, 0.15) is 12.4 Å². The van der Waals surface area contributed by atoms with Gasteiger partial charge in [0.2, 0.25) is 5.95 Å². The minimum Gasteiger partial charge on any atom is -0.328 e. The van der Waals surface area contributed by atoms with Crippen LogP contribution in [0.4, 0.5) is 24.8 Å². The van der Waals surface area contributed by atoms with Gasteiger partial charge in [-0.2, -0.15) is 23.3 Å².